The number of H-pyrrole nitrogens is 2. The van der Waals surface area contributed by atoms with Gasteiger partial charge in [-0.3, -0.25) is 0 Å². The largest absolute Gasteiger partial charge is 0.491 e. The molecule has 1 heterocycles. The van der Waals surface area contributed by atoms with Crippen LogP contribution in [-0.4, -0.2) is 53.1 Å². The number of aliphatic hydroxyl groups is 1. The SMILES string of the molecule is CC(C)N(C[C@H](O)COc1ccccc1)S(=O)(=O)c1ccc2[nH]c(=O)[nH]c2c1. The smallest absolute Gasteiger partial charge is 0.323 e. The Bertz CT molecular complexity index is 1090. The number of ether oxygens (including phenoxy) is 1. The van der Waals surface area contributed by atoms with Crippen molar-refractivity contribution in [2.45, 2.75) is 30.9 Å². The van der Waals surface area contributed by atoms with E-state index in [4.69, 9.17) is 4.74 Å². The molecule has 0 aliphatic heterocycles. The molecule has 0 amide bonds. The lowest BCUT2D eigenvalue weighted by Gasteiger charge is -2.28. The topological polar surface area (TPSA) is 115 Å². The molecule has 150 valence electrons. The zero-order valence-corrected chi connectivity index (χ0v) is 16.4. The van der Waals surface area contributed by atoms with Crippen molar-refractivity contribution >= 4 is 21.1 Å². The molecule has 0 saturated heterocycles. The first-order chi connectivity index (χ1) is 13.3. The van der Waals surface area contributed by atoms with Crippen molar-refractivity contribution < 1.29 is 18.3 Å². The van der Waals surface area contributed by atoms with Crippen LogP contribution < -0.4 is 10.4 Å². The molecular formula is C19H23N3O5S. The van der Waals surface area contributed by atoms with Gasteiger partial charge in [0.25, 0.3) is 0 Å². The van der Waals surface area contributed by atoms with Gasteiger partial charge in [-0.05, 0) is 44.2 Å². The molecule has 0 unspecified atom stereocenters. The summed E-state index contributed by atoms with van der Waals surface area (Å²) in [5.41, 5.74) is 0.526. The number of nitrogens with zero attached hydrogens (tertiary/aromatic N) is 1. The predicted octanol–water partition coefficient (Wildman–Crippen LogP) is 1.70. The molecule has 1 atom stereocenters. The van der Waals surface area contributed by atoms with Crippen molar-refractivity contribution in [3.05, 3.63) is 59.0 Å². The van der Waals surface area contributed by atoms with Crippen LogP contribution in [0.1, 0.15) is 13.8 Å². The zero-order valence-electron chi connectivity index (χ0n) is 15.6. The van der Waals surface area contributed by atoms with E-state index in [0.717, 1.165) is 0 Å². The molecule has 9 heteroatoms. The average molecular weight is 405 g/mol. The van der Waals surface area contributed by atoms with Crippen molar-refractivity contribution in [2.75, 3.05) is 13.2 Å². The van der Waals surface area contributed by atoms with Crippen LogP contribution in [0.4, 0.5) is 0 Å². The average Bonchev–Trinajstić information content (AvgIpc) is 3.04. The summed E-state index contributed by atoms with van der Waals surface area (Å²) in [7, 11) is -3.88. The van der Waals surface area contributed by atoms with E-state index in [-0.39, 0.29) is 24.1 Å². The van der Waals surface area contributed by atoms with Gasteiger partial charge in [-0.25, -0.2) is 13.2 Å². The van der Waals surface area contributed by atoms with E-state index in [1.807, 2.05) is 18.2 Å². The summed E-state index contributed by atoms with van der Waals surface area (Å²) in [6.45, 7) is 3.32. The van der Waals surface area contributed by atoms with E-state index >= 15 is 0 Å². The Morgan fingerprint density at radius 2 is 1.75 bits per heavy atom. The molecule has 0 spiro atoms. The lowest BCUT2D eigenvalue weighted by molar-refractivity contribution is 0.0840. The van der Waals surface area contributed by atoms with Crippen molar-refractivity contribution in [1.29, 1.82) is 0 Å². The van der Waals surface area contributed by atoms with Crippen molar-refractivity contribution in [2.24, 2.45) is 0 Å². The van der Waals surface area contributed by atoms with Gasteiger partial charge >= 0.3 is 5.69 Å². The van der Waals surface area contributed by atoms with E-state index in [2.05, 4.69) is 9.97 Å². The minimum Gasteiger partial charge on any atom is -0.491 e. The molecule has 28 heavy (non-hydrogen) atoms. The standard InChI is InChI=1S/C19H23N3O5S/c1-13(2)22(11-14(23)12-27-15-6-4-3-5-7-15)28(25,26)16-8-9-17-18(10-16)21-19(24)20-17/h3-10,13-14,23H,11-12H2,1-2H3,(H2,20,21,24)/t14-/m0/s1. The highest BCUT2D eigenvalue weighted by molar-refractivity contribution is 7.89. The van der Waals surface area contributed by atoms with Gasteiger partial charge in [0.05, 0.1) is 15.9 Å². The Labute approximate surface area is 162 Å². The van der Waals surface area contributed by atoms with E-state index in [1.165, 1.54) is 22.5 Å². The Kier molecular flexibility index (Phi) is 5.87. The second-order valence-electron chi connectivity index (χ2n) is 6.73. The number of rotatable bonds is 8. The van der Waals surface area contributed by atoms with Crippen molar-refractivity contribution in [3.63, 3.8) is 0 Å². The third-order valence-corrected chi connectivity index (χ3v) is 6.28. The van der Waals surface area contributed by atoms with Gasteiger partial charge in [0.2, 0.25) is 10.0 Å². The maximum absolute atomic E-state index is 13.1. The number of hydrogen-bond donors (Lipinski definition) is 3. The number of nitrogens with one attached hydrogen (secondary N) is 2. The van der Waals surface area contributed by atoms with Gasteiger partial charge in [-0.2, -0.15) is 4.31 Å². The lowest BCUT2D eigenvalue weighted by Crippen LogP contribution is -2.43. The van der Waals surface area contributed by atoms with Crippen molar-refractivity contribution in [1.82, 2.24) is 14.3 Å². The lowest BCUT2D eigenvalue weighted by atomic mass is 10.3. The van der Waals surface area contributed by atoms with Crippen LogP contribution >= 0.6 is 0 Å². The Morgan fingerprint density at radius 1 is 1.07 bits per heavy atom. The molecular weight excluding hydrogens is 382 g/mol. The number of para-hydroxylation sites is 1. The van der Waals surface area contributed by atoms with Gasteiger partial charge in [0.1, 0.15) is 18.5 Å². The third-order valence-electron chi connectivity index (χ3n) is 4.25. The quantitative estimate of drug-likeness (QED) is 0.528. The second kappa shape index (κ2) is 8.17. The first kappa shape index (κ1) is 20.1. The van der Waals surface area contributed by atoms with Crippen LogP contribution in [0.15, 0.2) is 58.2 Å². The van der Waals surface area contributed by atoms with Crippen LogP contribution in [0, 0.1) is 0 Å². The summed E-state index contributed by atoms with van der Waals surface area (Å²) in [4.78, 5) is 16.6. The second-order valence-corrected chi connectivity index (χ2v) is 8.62. The number of aromatic nitrogens is 2. The minimum absolute atomic E-state index is 0.0348. The van der Waals surface area contributed by atoms with Crippen LogP contribution in [-0.2, 0) is 10.0 Å². The summed E-state index contributed by atoms with van der Waals surface area (Å²) >= 11 is 0. The molecule has 3 N–H and O–H groups in total. The highest BCUT2D eigenvalue weighted by Gasteiger charge is 2.29. The zero-order chi connectivity index (χ0) is 20.3. The molecule has 0 saturated carbocycles. The fourth-order valence-electron chi connectivity index (χ4n) is 2.86. The summed E-state index contributed by atoms with van der Waals surface area (Å²) in [6, 6.07) is 13.0. The number of hydrogen-bond acceptors (Lipinski definition) is 5. The Morgan fingerprint density at radius 3 is 2.43 bits per heavy atom. The highest BCUT2D eigenvalue weighted by atomic mass is 32.2. The predicted molar refractivity (Wildman–Crippen MR) is 106 cm³/mol. The summed E-state index contributed by atoms with van der Waals surface area (Å²) in [6.07, 6.45) is -1.01. The van der Waals surface area contributed by atoms with Gasteiger partial charge in [0.15, 0.2) is 0 Å². The summed E-state index contributed by atoms with van der Waals surface area (Å²) < 4.78 is 32.9. The van der Waals surface area contributed by atoms with Gasteiger partial charge in [-0.1, -0.05) is 18.2 Å². The van der Waals surface area contributed by atoms with Gasteiger partial charge < -0.3 is 19.8 Å². The molecule has 3 aromatic rings. The van der Waals surface area contributed by atoms with Crippen LogP contribution in [0.25, 0.3) is 11.0 Å². The normalized spacial score (nSPS) is 13.3. The molecule has 0 radical (unpaired) electrons. The number of fused-ring (bicyclic) bond motifs is 1. The number of sulfonamides is 1. The monoisotopic (exact) mass is 405 g/mol. The van der Waals surface area contributed by atoms with Crippen LogP contribution in [0.2, 0.25) is 0 Å². The fourth-order valence-corrected chi connectivity index (χ4v) is 4.56. The summed E-state index contributed by atoms with van der Waals surface area (Å²) in [5, 5.41) is 10.3. The third kappa shape index (κ3) is 4.44. The number of benzene rings is 2. The molecule has 0 aliphatic rings. The molecule has 0 fully saturated rings. The first-order valence-electron chi connectivity index (χ1n) is 8.87. The van der Waals surface area contributed by atoms with E-state index in [1.54, 1.807) is 26.0 Å². The maximum Gasteiger partial charge on any atom is 0.323 e. The number of aliphatic hydroxyl groups excluding tert-OH is 1. The Hall–Kier alpha value is -2.62. The molecule has 3 rings (SSSR count). The van der Waals surface area contributed by atoms with E-state index in [0.29, 0.717) is 16.8 Å². The fraction of sp³-hybridized carbons (Fsp3) is 0.316. The molecule has 0 aliphatic carbocycles. The first-order valence-corrected chi connectivity index (χ1v) is 10.3. The van der Waals surface area contributed by atoms with Gasteiger partial charge in [0, 0.05) is 12.6 Å². The maximum atomic E-state index is 13.1. The summed E-state index contributed by atoms with van der Waals surface area (Å²) in [5.74, 6) is 0.599. The molecule has 1 aromatic heterocycles. The van der Waals surface area contributed by atoms with E-state index < -0.39 is 21.8 Å². The molecule has 0 bridgehead atoms. The highest BCUT2D eigenvalue weighted by Crippen LogP contribution is 2.21. The molecule has 2 aromatic carbocycles. The minimum atomic E-state index is -3.88. The van der Waals surface area contributed by atoms with Crippen LogP contribution in [0.3, 0.4) is 0 Å². The number of imidazole rings is 1. The number of aromatic amines is 2. The Balaban J connectivity index is 1.78. The van der Waals surface area contributed by atoms with Gasteiger partial charge in [-0.15, -0.1) is 0 Å². The van der Waals surface area contributed by atoms with Crippen LogP contribution in [0.5, 0.6) is 5.75 Å². The molecule has 8 nitrogen and oxygen atoms in total. The van der Waals surface area contributed by atoms with Crippen molar-refractivity contribution in [3.8, 4) is 5.75 Å². The van der Waals surface area contributed by atoms with E-state index in [9.17, 15) is 18.3 Å².